The Bertz CT molecular complexity index is 718. The van der Waals surface area contributed by atoms with Gasteiger partial charge in [-0.25, -0.2) is 4.98 Å². The van der Waals surface area contributed by atoms with Gasteiger partial charge in [-0.05, 0) is 25.3 Å². The maximum absolute atomic E-state index is 12.6. The number of unbranched alkanes of at least 4 members (excludes halogenated alkanes) is 2. The van der Waals surface area contributed by atoms with Gasteiger partial charge >= 0.3 is 0 Å². The molecule has 0 saturated heterocycles. The van der Waals surface area contributed by atoms with Crippen molar-refractivity contribution in [3.05, 3.63) is 27.1 Å². The van der Waals surface area contributed by atoms with Crippen molar-refractivity contribution in [2.24, 2.45) is 0 Å². The average molecular weight is 321 g/mol. The van der Waals surface area contributed by atoms with Crippen LogP contribution in [0.25, 0.3) is 10.2 Å². The van der Waals surface area contributed by atoms with E-state index in [1.807, 2.05) is 13.8 Å². The number of amides is 1. The number of fused-ring (bicyclic) bond motifs is 1. The molecule has 0 unspecified atom stereocenters. The van der Waals surface area contributed by atoms with Gasteiger partial charge in [-0.2, -0.15) is 0 Å². The molecule has 0 spiro atoms. The van der Waals surface area contributed by atoms with E-state index in [1.54, 1.807) is 10.9 Å². The maximum Gasteiger partial charge on any atom is 0.262 e. The number of hydrogen-bond acceptors (Lipinski definition) is 4. The fraction of sp³-hybridized carbons (Fsp3) is 0.562. The molecule has 0 aromatic carbocycles. The summed E-state index contributed by atoms with van der Waals surface area (Å²) in [6.07, 6.45) is 5.67. The van der Waals surface area contributed by atoms with Crippen molar-refractivity contribution < 1.29 is 4.79 Å². The second kappa shape index (κ2) is 7.54. The van der Waals surface area contributed by atoms with Gasteiger partial charge < -0.3 is 5.32 Å². The van der Waals surface area contributed by atoms with Crippen LogP contribution in [0.1, 0.15) is 54.8 Å². The van der Waals surface area contributed by atoms with Gasteiger partial charge in [0.1, 0.15) is 4.83 Å². The number of carbonyl (C=O) groups excluding carboxylic acids is 1. The van der Waals surface area contributed by atoms with Crippen molar-refractivity contribution in [3.63, 3.8) is 0 Å². The predicted octanol–water partition coefficient (Wildman–Crippen LogP) is 3.10. The van der Waals surface area contributed by atoms with Gasteiger partial charge in [0.25, 0.3) is 11.5 Å². The molecule has 2 rings (SSSR count). The lowest BCUT2D eigenvalue weighted by atomic mass is 10.2. The lowest BCUT2D eigenvalue weighted by molar-refractivity contribution is 0.0957. The molecular weight excluding hydrogens is 298 g/mol. The van der Waals surface area contributed by atoms with Crippen LogP contribution < -0.4 is 10.9 Å². The Morgan fingerprint density at radius 2 is 2.09 bits per heavy atom. The van der Waals surface area contributed by atoms with E-state index in [2.05, 4.69) is 17.2 Å². The van der Waals surface area contributed by atoms with Crippen LogP contribution in [0, 0.1) is 6.92 Å². The Morgan fingerprint density at radius 3 is 2.77 bits per heavy atom. The lowest BCUT2D eigenvalue weighted by Crippen LogP contribution is -2.24. The Balaban J connectivity index is 2.36. The molecule has 2 aromatic heterocycles. The van der Waals surface area contributed by atoms with Crippen LogP contribution in [0.3, 0.4) is 0 Å². The Kier molecular flexibility index (Phi) is 5.71. The lowest BCUT2D eigenvalue weighted by Gasteiger charge is -2.04. The molecule has 22 heavy (non-hydrogen) atoms. The third-order valence-corrected chi connectivity index (χ3v) is 4.86. The molecule has 0 saturated carbocycles. The molecule has 0 bridgehead atoms. The number of nitrogens with zero attached hydrogens (tertiary/aromatic N) is 2. The van der Waals surface area contributed by atoms with Gasteiger partial charge in [0.05, 0.1) is 16.6 Å². The second-order valence-electron chi connectivity index (χ2n) is 5.44. The van der Waals surface area contributed by atoms with E-state index >= 15 is 0 Å². The minimum atomic E-state index is -0.112. The SMILES string of the molecule is CCCCCn1cnc2sc(C(=O)NCCC)c(C)c2c1=O. The molecule has 1 N–H and O–H groups in total. The van der Waals surface area contributed by atoms with Crippen LogP contribution in [-0.2, 0) is 6.54 Å². The average Bonchev–Trinajstić information content (AvgIpc) is 2.85. The molecule has 0 radical (unpaired) electrons. The number of thiophene rings is 1. The van der Waals surface area contributed by atoms with E-state index in [-0.39, 0.29) is 11.5 Å². The number of aryl methyl sites for hydroxylation is 2. The number of carbonyl (C=O) groups is 1. The maximum atomic E-state index is 12.6. The van der Waals surface area contributed by atoms with Gasteiger partial charge in [-0.3, -0.25) is 14.2 Å². The van der Waals surface area contributed by atoms with Crippen LogP contribution in [0.15, 0.2) is 11.1 Å². The van der Waals surface area contributed by atoms with E-state index in [4.69, 9.17) is 0 Å². The summed E-state index contributed by atoms with van der Waals surface area (Å²) in [6.45, 7) is 7.30. The van der Waals surface area contributed by atoms with Crippen LogP contribution in [0.2, 0.25) is 0 Å². The zero-order valence-electron chi connectivity index (χ0n) is 13.4. The van der Waals surface area contributed by atoms with Crippen molar-refractivity contribution in [3.8, 4) is 0 Å². The first kappa shape index (κ1) is 16.7. The van der Waals surface area contributed by atoms with Crippen LogP contribution in [-0.4, -0.2) is 22.0 Å². The third-order valence-electron chi connectivity index (χ3n) is 3.66. The molecule has 5 nitrogen and oxygen atoms in total. The highest BCUT2D eigenvalue weighted by molar-refractivity contribution is 7.20. The molecular formula is C16H23N3O2S. The van der Waals surface area contributed by atoms with E-state index in [9.17, 15) is 9.59 Å². The predicted molar refractivity (Wildman–Crippen MR) is 90.8 cm³/mol. The largest absolute Gasteiger partial charge is 0.351 e. The fourth-order valence-electron chi connectivity index (χ4n) is 2.39. The van der Waals surface area contributed by atoms with Crippen LogP contribution >= 0.6 is 11.3 Å². The molecule has 120 valence electrons. The molecule has 2 aromatic rings. The second-order valence-corrected chi connectivity index (χ2v) is 6.44. The normalized spacial score (nSPS) is 11.0. The number of rotatable bonds is 7. The summed E-state index contributed by atoms with van der Waals surface area (Å²) in [5.74, 6) is -0.112. The highest BCUT2D eigenvalue weighted by Gasteiger charge is 2.18. The first-order valence-corrected chi connectivity index (χ1v) is 8.68. The molecule has 0 fully saturated rings. The van der Waals surface area contributed by atoms with Gasteiger partial charge in [0, 0.05) is 13.1 Å². The summed E-state index contributed by atoms with van der Waals surface area (Å²) in [4.78, 5) is 30.4. The Morgan fingerprint density at radius 1 is 1.32 bits per heavy atom. The van der Waals surface area contributed by atoms with E-state index in [0.29, 0.717) is 28.2 Å². The van der Waals surface area contributed by atoms with Gasteiger partial charge in [-0.15, -0.1) is 11.3 Å². The van der Waals surface area contributed by atoms with E-state index < -0.39 is 0 Å². The van der Waals surface area contributed by atoms with E-state index in [1.165, 1.54) is 11.3 Å². The van der Waals surface area contributed by atoms with Gasteiger partial charge in [-0.1, -0.05) is 26.7 Å². The summed E-state index contributed by atoms with van der Waals surface area (Å²) in [5, 5.41) is 3.45. The van der Waals surface area contributed by atoms with Crippen molar-refractivity contribution in [2.75, 3.05) is 6.54 Å². The van der Waals surface area contributed by atoms with Crippen molar-refractivity contribution >= 4 is 27.5 Å². The molecule has 0 aliphatic heterocycles. The Hall–Kier alpha value is -1.69. The molecule has 2 heterocycles. The van der Waals surface area contributed by atoms with Crippen molar-refractivity contribution in [1.29, 1.82) is 0 Å². The molecule has 0 aliphatic rings. The first-order valence-electron chi connectivity index (χ1n) is 7.86. The zero-order valence-corrected chi connectivity index (χ0v) is 14.3. The summed E-state index contributed by atoms with van der Waals surface area (Å²) in [6, 6.07) is 0. The molecule has 6 heteroatoms. The number of nitrogens with one attached hydrogen (secondary N) is 1. The minimum absolute atomic E-state index is 0.0376. The highest BCUT2D eigenvalue weighted by atomic mass is 32.1. The summed E-state index contributed by atoms with van der Waals surface area (Å²) in [5.41, 5.74) is 0.709. The molecule has 0 aliphatic carbocycles. The summed E-state index contributed by atoms with van der Waals surface area (Å²) >= 11 is 1.30. The summed E-state index contributed by atoms with van der Waals surface area (Å²) in [7, 11) is 0. The van der Waals surface area contributed by atoms with E-state index in [0.717, 1.165) is 31.2 Å². The zero-order chi connectivity index (χ0) is 16.1. The standard InChI is InChI=1S/C16H23N3O2S/c1-4-6-7-9-19-10-18-15-12(16(19)21)11(3)13(22-15)14(20)17-8-5-2/h10H,4-9H2,1-3H3,(H,17,20). The third kappa shape index (κ3) is 3.38. The Labute approximate surface area is 134 Å². The minimum Gasteiger partial charge on any atom is -0.351 e. The first-order chi connectivity index (χ1) is 10.6. The quantitative estimate of drug-likeness (QED) is 0.797. The van der Waals surface area contributed by atoms with Crippen LogP contribution in [0.4, 0.5) is 0 Å². The van der Waals surface area contributed by atoms with Gasteiger partial charge in [0.2, 0.25) is 0 Å². The fourth-order valence-corrected chi connectivity index (χ4v) is 3.44. The van der Waals surface area contributed by atoms with Gasteiger partial charge in [0.15, 0.2) is 0 Å². The number of hydrogen-bond donors (Lipinski definition) is 1. The van der Waals surface area contributed by atoms with Crippen molar-refractivity contribution in [2.45, 2.75) is 53.0 Å². The number of aromatic nitrogens is 2. The van der Waals surface area contributed by atoms with Crippen LogP contribution in [0.5, 0.6) is 0 Å². The highest BCUT2D eigenvalue weighted by Crippen LogP contribution is 2.26. The molecule has 0 atom stereocenters. The van der Waals surface area contributed by atoms with Crippen molar-refractivity contribution in [1.82, 2.24) is 14.9 Å². The summed E-state index contributed by atoms with van der Waals surface area (Å²) < 4.78 is 1.66. The topological polar surface area (TPSA) is 64.0 Å². The molecule has 1 amide bonds. The smallest absolute Gasteiger partial charge is 0.262 e. The monoisotopic (exact) mass is 321 g/mol.